The molecule has 0 atom stereocenters. The minimum Gasteiger partial charge on any atom is -0.493 e. The van der Waals surface area contributed by atoms with E-state index in [1.165, 1.54) is 11.1 Å². The molecule has 1 fully saturated rings. The average molecular weight is 423 g/mol. The number of ether oxygens (including phenoxy) is 3. The Morgan fingerprint density at radius 2 is 1.52 bits per heavy atom. The number of benzene rings is 2. The predicted octanol–water partition coefficient (Wildman–Crippen LogP) is 4.29. The molecule has 0 saturated carbocycles. The molecular formula is C25H30N2O4. The summed E-state index contributed by atoms with van der Waals surface area (Å²) in [6.07, 6.45) is 3.51. The van der Waals surface area contributed by atoms with Gasteiger partial charge in [0.2, 0.25) is 5.75 Å². The van der Waals surface area contributed by atoms with Crippen molar-refractivity contribution in [3.63, 3.8) is 0 Å². The summed E-state index contributed by atoms with van der Waals surface area (Å²) in [5, 5.41) is 0. The lowest BCUT2D eigenvalue weighted by Crippen LogP contribution is -2.45. The third-order valence-corrected chi connectivity index (χ3v) is 5.83. The Balaban J connectivity index is 1.36. The molecule has 164 valence electrons. The van der Waals surface area contributed by atoms with E-state index in [0.717, 1.165) is 56.1 Å². The second kappa shape index (κ2) is 9.90. The fraction of sp³-hybridized carbons (Fsp3) is 0.360. The van der Waals surface area contributed by atoms with E-state index in [9.17, 15) is 0 Å². The van der Waals surface area contributed by atoms with Crippen molar-refractivity contribution in [2.24, 2.45) is 0 Å². The van der Waals surface area contributed by atoms with Gasteiger partial charge in [-0.2, -0.15) is 0 Å². The lowest BCUT2D eigenvalue weighted by molar-refractivity contribution is 0.121. The molecule has 6 nitrogen and oxygen atoms in total. The number of hydrogen-bond acceptors (Lipinski definition) is 6. The molecule has 0 spiro atoms. The molecule has 31 heavy (non-hydrogen) atoms. The summed E-state index contributed by atoms with van der Waals surface area (Å²) >= 11 is 0. The molecule has 1 aliphatic rings. The molecule has 0 bridgehead atoms. The van der Waals surface area contributed by atoms with Gasteiger partial charge >= 0.3 is 0 Å². The van der Waals surface area contributed by atoms with Gasteiger partial charge in [0.25, 0.3) is 0 Å². The monoisotopic (exact) mass is 422 g/mol. The Hall–Kier alpha value is -2.96. The standard InChI is InChI=1S/C25H30N2O4/c1-28-23-8-7-21(24(29-2)25(23)30-3)17-27-12-10-26(11-13-27)16-19-5-4-6-20(15-19)22-9-14-31-18-22/h4-9,14-15,18H,10-13,16-17H2,1-3H3. The van der Waals surface area contributed by atoms with Crippen molar-refractivity contribution in [3.8, 4) is 28.4 Å². The molecule has 4 rings (SSSR count). The molecule has 1 saturated heterocycles. The predicted molar refractivity (Wildman–Crippen MR) is 121 cm³/mol. The van der Waals surface area contributed by atoms with Crippen molar-refractivity contribution in [2.45, 2.75) is 13.1 Å². The van der Waals surface area contributed by atoms with Gasteiger partial charge in [0.05, 0.1) is 33.9 Å². The summed E-state index contributed by atoms with van der Waals surface area (Å²) in [6.45, 7) is 5.88. The maximum absolute atomic E-state index is 5.64. The maximum Gasteiger partial charge on any atom is 0.203 e. The fourth-order valence-electron chi connectivity index (χ4n) is 4.17. The molecular weight excluding hydrogens is 392 g/mol. The van der Waals surface area contributed by atoms with Crippen LogP contribution in [0.25, 0.3) is 11.1 Å². The van der Waals surface area contributed by atoms with Gasteiger partial charge in [0.15, 0.2) is 11.5 Å². The van der Waals surface area contributed by atoms with E-state index in [2.05, 4.69) is 40.1 Å². The van der Waals surface area contributed by atoms with E-state index in [1.54, 1.807) is 33.9 Å². The summed E-state index contributed by atoms with van der Waals surface area (Å²) in [7, 11) is 4.96. The van der Waals surface area contributed by atoms with Crippen LogP contribution in [0.1, 0.15) is 11.1 Å². The van der Waals surface area contributed by atoms with E-state index in [1.807, 2.05) is 12.1 Å². The van der Waals surface area contributed by atoms with Crippen molar-refractivity contribution in [3.05, 3.63) is 66.1 Å². The third-order valence-electron chi connectivity index (χ3n) is 5.83. The largest absolute Gasteiger partial charge is 0.493 e. The Labute approximate surface area is 183 Å². The van der Waals surface area contributed by atoms with Crippen LogP contribution in [-0.2, 0) is 13.1 Å². The van der Waals surface area contributed by atoms with Gasteiger partial charge in [-0.3, -0.25) is 9.80 Å². The lowest BCUT2D eigenvalue weighted by Gasteiger charge is -2.35. The molecule has 0 amide bonds. The zero-order valence-electron chi connectivity index (χ0n) is 18.5. The molecule has 0 N–H and O–H groups in total. The first-order valence-corrected chi connectivity index (χ1v) is 10.6. The molecule has 2 heterocycles. The van der Waals surface area contributed by atoms with Crippen LogP contribution < -0.4 is 14.2 Å². The van der Waals surface area contributed by atoms with Crippen molar-refractivity contribution in [1.29, 1.82) is 0 Å². The highest BCUT2D eigenvalue weighted by molar-refractivity contribution is 5.62. The maximum atomic E-state index is 5.64. The van der Waals surface area contributed by atoms with Crippen LogP contribution >= 0.6 is 0 Å². The van der Waals surface area contributed by atoms with Gasteiger partial charge in [0.1, 0.15) is 0 Å². The zero-order chi connectivity index (χ0) is 21.6. The highest BCUT2D eigenvalue weighted by Gasteiger charge is 2.21. The SMILES string of the molecule is COc1ccc(CN2CCN(Cc3cccc(-c4ccoc4)c3)CC2)c(OC)c1OC. The normalized spacial score (nSPS) is 15.1. The third kappa shape index (κ3) is 4.86. The van der Waals surface area contributed by atoms with Crippen LogP contribution in [-0.4, -0.2) is 57.3 Å². The quantitative estimate of drug-likeness (QED) is 0.540. The highest BCUT2D eigenvalue weighted by atomic mass is 16.5. The molecule has 3 aromatic rings. The van der Waals surface area contributed by atoms with Crippen LogP contribution in [0.3, 0.4) is 0 Å². The number of nitrogens with zero attached hydrogens (tertiary/aromatic N) is 2. The minimum absolute atomic E-state index is 0.652. The van der Waals surface area contributed by atoms with Gasteiger partial charge in [-0.05, 0) is 29.3 Å². The van der Waals surface area contributed by atoms with Crippen LogP contribution in [0, 0.1) is 0 Å². The second-order valence-electron chi connectivity index (χ2n) is 7.76. The molecule has 1 aromatic heterocycles. The second-order valence-corrected chi connectivity index (χ2v) is 7.76. The number of methoxy groups -OCH3 is 3. The fourth-order valence-corrected chi connectivity index (χ4v) is 4.17. The smallest absolute Gasteiger partial charge is 0.203 e. The minimum atomic E-state index is 0.652. The molecule has 6 heteroatoms. The first kappa shape index (κ1) is 21.3. The number of piperazine rings is 1. The van der Waals surface area contributed by atoms with E-state index in [-0.39, 0.29) is 0 Å². The van der Waals surface area contributed by atoms with E-state index >= 15 is 0 Å². The summed E-state index contributed by atoms with van der Waals surface area (Å²) in [5.41, 5.74) is 4.76. The zero-order valence-corrected chi connectivity index (χ0v) is 18.5. The summed E-state index contributed by atoms with van der Waals surface area (Å²) in [6, 6.07) is 14.7. The van der Waals surface area contributed by atoms with Crippen molar-refractivity contribution >= 4 is 0 Å². The van der Waals surface area contributed by atoms with Crippen molar-refractivity contribution < 1.29 is 18.6 Å². The Morgan fingerprint density at radius 3 is 2.16 bits per heavy atom. The average Bonchev–Trinajstić information content (AvgIpc) is 3.35. The van der Waals surface area contributed by atoms with Crippen LogP contribution in [0.2, 0.25) is 0 Å². The Bertz CT molecular complexity index is 979. The van der Waals surface area contributed by atoms with Crippen LogP contribution in [0.15, 0.2) is 59.4 Å². The van der Waals surface area contributed by atoms with E-state index in [0.29, 0.717) is 11.5 Å². The summed E-state index contributed by atoms with van der Waals surface area (Å²) in [5.74, 6) is 2.09. The summed E-state index contributed by atoms with van der Waals surface area (Å²) in [4.78, 5) is 4.97. The number of furan rings is 1. The molecule has 1 aliphatic heterocycles. The van der Waals surface area contributed by atoms with E-state index < -0.39 is 0 Å². The molecule has 0 unspecified atom stereocenters. The van der Waals surface area contributed by atoms with Gasteiger partial charge in [0, 0.05) is 50.4 Å². The molecule has 0 radical (unpaired) electrons. The highest BCUT2D eigenvalue weighted by Crippen LogP contribution is 2.40. The van der Waals surface area contributed by atoms with Gasteiger partial charge in [-0.1, -0.05) is 24.3 Å². The van der Waals surface area contributed by atoms with Crippen molar-refractivity contribution in [2.75, 3.05) is 47.5 Å². The van der Waals surface area contributed by atoms with Gasteiger partial charge in [-0.15, -0.1) is 0 Å². The van der Waals surface area contributed by atoms with Crippen LogP contribution in [0.4, 0.5) is 0 Å². The first-order chi connectivity index (χ1) is 15.2. The Morgan fingerprint density at radius 1 is 0.774 bits per heavy atom. The van der Waals surface area contributed by atoms with E-state index in [4.69, 9.17) is 18.6 Å². The summed E-state index contributed by atoms with van der Waals surface area (Å²) < 4.78 is 21.8. The van der Waals surface area contributed by atoms with Gasteiger partial charge < -0.3 is 18.6 Å². The van der Waals surface area contributed by atoms with Gasteiger partial charge in [-0.25, -0.2) is 0 Å². The Kier molecular flexibility index (Phi) is 6.79. The molecule has 2 aromatic carbocycles. The van der Waals surface area contributed by atoms with Crippen molar-refractivity contribution in [1.82, 2.24) is 9.80 Å². The first-order valence-electron chi connectivity index (χ1n) is 10.6. The number of rotatable bonds is 8. The number of hydrogen-bond donors (Lipinski definition) is 0. The van der Waals surface area contributed by atoms with Crippen LogP contribution in [0.5, 0.6) is 17.2 Å². The lowest BCUT2D eigenvalue weighted by atomic mass is 10.1. The topological polar surface area (TPSA) is 47.3 Å². The molecule has 0 aliphatic carbocycles.